The van der Waals surface area contributed by atoms with E-state index in [4.69, 9.17) is 10.8 Å². The van der Waals surface area contributed by atoms with E-state index in [1.54, 1.807) is 19.1 Å². The lowest BCUT2D eigenvalue weighted by Crippen LogP contribution is -2.08. The van der Waals surface area contributed by atoms with Gasteiger partial charge in [0.1, 0.15) is 11.5 Å². The number of rotatable bonds is 21. The zero-order chi connectivity index (χ0) is 63.7. The molecular formula is C77H147NO2S. The van der Waals surface area contributed by atoms with Gasteiger partial charge in [-0.1, -0.05) is 297 Å². The number of phenolic OH excluding ortho intramolecular Hbond substituents is 1. The average Bonchev–Trinajstić information content (AvgIpc) is 3.37. The van der Waals surface area contributed by atoms with Gasteiger partial charge in [-0.3, -0.25) is 0 Å². The summed E-state index contributed by atoms with van der Waals surface area (Å²) in [5, 5.41) is 8.99. The summed E-state index contributed by atoms with van der Waals surface area (Å²) in [6, 6.07) is 28.5. The Morgan fingerprint density at radius 3 is 1.21 bits per heavy atom. The number of phenols is 1. The van der Waals surface area contributed by atoms with Gasteiger partial charge in [0.15, 0.2) is 0 Å². The van der Waals surface area contributed by atoms with E-state index in [1.165, 1.54) is 106 Å². The van der Waals surface area contributed by atoms with Crippen molar-refractivity contribution in [2.75, 3.05) is 18.6 Å². The Balaban J connectivity index is -0.000000195. The van der Waals surface area contributed by atoms with Crippen molar-refractivity contribution < 1.29 is 9.90 Å². The highest BCUT2D eigenvalue weighted by molar-refractivity contribution is 7.98. The van der Waals surface area contributed by atoms with Crippen LogP contribution in [-0.4, -0.2) is 29.4 Å². The Kier molecular flexibility index (Phi) is 70.2. The normalized spacial score (nSPS) is 12.1. The molecule has 1 aliphatic rings. The summed E-state index contributed by atoms with van der Waals surface area (Å²) < 4.78 is 0. The molecule has 0 spiro atoms. The molecule has 0 aliphatic heterocycles. The minimum absolute atomic E-state index is 0.304. The minimum atomic E-state index is 0.304. The van der Waals surface area contributed by atoms with E-state index in [0.29, 0.717) is 29.3 Å². The molecule has 3 aromatic rings. The molecule has 1 atom stereocenters. The van der Waals surface area contributed by atoms with Crippen LogP contribution in [-0.2, 0) is 17.6 Å². The second-order valence-electron chi connectivity index (χ2n) is 27.9. The van der Waals surface area contributed by atoms with Crippen LogP contribution in [0.3, 0.4) is 0 Å². The lowest BCUT2D eigenvalue weighted by molar-refractivity contribution is -0.117. The van der Waals surface area contributed by atoms with Crippen LogP contribution < -0.4 is 5.73 Å². The first kappa shape index (κ1) is 89.6. The van der Waals surface area contributed by atoms with Crippen molar-refractivity contribution in [2.24, 2.45) is 76.7 Å². The number of benzene rings is 3. The molecule has 1 unspecified atom stereocenters. The first-order chi connectivity index (χ1) is 37.8. The smallest absolute Gasteiger partial charge is 0.129 e. The summed E-state index contributed by atoms with van der Waals surface area (Å²) in [6.07, 6.45) is 23.1. The quantitative estimate of drug-likeness (QED) is 0.104. The molecule has 0 amide bonds. The van der Waals surface area contributed by atoms with E-state index in [9.17, 15) is 4.79 Å². The highest BCUT2D eigenvalue weighted by Gasteiger charge is 2.14. The highest BCUT2D eigenvalue weighted by Crippen LogP contribution is 2.28. The fourth-order valence-corrected chi connectivity index (χ4v) is 8.78. The molecule has 1 aliphatic carbocycles. The van der Waals surface area contributed by atoms with E-state index in [0.717, 1.165) is 85.0 Å². The number of hydrogen-bond acceptors (Lipinski definition) is 4. The summed E-state index contributed by atoms with van der Waals surface area (Å²) in [5.74, 6) is 12.8. The number of nitrogens with two attached hydrogens (primary N) is 1. The van der Waals surface area contributed by atoms with E-state index in [1.807, 2.05) is 30.0 Å². The highest BCUT2D eigenvalue weighted by atomic mass is 32.2. The van der Waals surface area contributed by atoms with Crippen LogP contribution in [0.25, 0.3) is 0 Å². The molecule has 3 N–H and O–H groups in total. The summed E-state index contributed by atoms with van der Waals surface area (Å²) in [7, 11) is 0. The lowest BCUT2D eigenvalue weighted by Gasteiger charge is -2.22. The van der Waals surface area contributed by atoms with E-state index in [-0.39, 0.29) is 0 Å². The molecular weight excluding hydrogens is 1000 g/mol. The molecule has 81 heavy (non-hydrogen) atoms. The molecule has 3 nitrogen and oxygen atoms in total. The molecule has 0 aromatic heterocycles. The second-order valence-corrected chi connectivity index (χ2v) is 28.9. The first-order valence-corrected chi connectivity index (χ1v) is 34.7. The van der Waals surface area contributed by atoms with Gasteiger partial charge in [-0.2, -0.15) is 11.8 Å². The monoisotopic (exact) mass is 1150 g/mol. The molecule has 0 radical (unpaired) electrons. The van der Waals surface area contributed by atoms with Crippen molar-refractivity contribution in [1.82, 2.24) is 0 Å². The third kappa shape index (κ3) is 86.4. The maximum atomic E-state index is 10.3. The Bertz CT molecular complexity index is 1610. The number of carbonyl (C=O) groups is 1. The maximum absolute atomic E-state index is 10.3. The fraction of sp³-hybridized carbons (Fsp3) is 0.753. The van der Waals surface area contributed by atoms with E-state index < -0.39 is 0 Å². The van der Waals surface area contributed by atoms with Crippen LogP contribution in [0.1, 0.15) is 293 Å². The zero-order valence-electron chi connectivity index (χ0n) is 59.7. The number of Topliss-reactive ketones (excluding diaryl/α,β-unsaturated/α-hetero) is 1. The van der Waals surface area contributed by atoms with Crippen molar-refractivity contribution in [2.45, 2.75) is 289 Å². The van der Waals surface area contributed by atoms with Gasteiger partial charge in [0, 0.05) is 6.42 Å². The predicted molar refractivity (Wildman–Crippen MR) is 378 cm³/mol. The largest absolute Gasteiger partial charge is 0.508 e. The van der Waals surface area contributed by atoms with E-state index >= 15 is 0 Å². The van der Waals surface area contributed by atoms with Crippen LogP contribution in [0.5, 0.6) is 5.75 Å². The van der Waals surface area contributed by atoms with Gasteiger partial charge in [-0.15, -0.1) is 0 Å². The van der Waals surface area contributed by atoms with Gasteiger partial charge in [0.2, 0.25) is 0 Å². The third-order valence-electron chi connectivity index (χ3n) is 13.0. The summed E-state index contributed by atoms with van der Waals surface area (Å²) >= 11 is 1.93. The number of hydrogen-bond donors (Lipinski definition) is 2. The molecule has 0 heterocycles. The Morgan fingerprint density at radius 1 is 0.531 bits per heavy atom. The summed E-state index contributed by atoms with van der Waals surface area (Å²) in [5.41, 5.74) is 9.46. The molecule has 4 rings (SSSR count). The van der Waals surface area contributed by atoms with Crippen molar-refractivity contribution in [3.05, 3.63) is 102 Å². The molecule has 478 valence electrons. The van der Waals surface area contributed by atoms with Crippen LogP contribution in [0, 0.1) is 71.0 Å². The SMILES string of the molecule is CC(=O)CCC(C)C.CC(C)C.CC(C)CC(C)C.CC(C)CC1CCCCC1.CC(C)CCCCN.CC(C)Cc1ccc(O)cc1.CC(C)Cc1ccccc1.CC(C)c1ccccc1.CCC(C)C(C)C.CSCCC(C)C. The predicted octanol–water partition coefficient (Wildman–Crippen LogP) is 25.1. The van der Waals surface area contributed by atoms with Gasteiger partial charge in [0.05, 0.1) is 0 Å². The van der Waals surface area contributed by atoms with Crippen LogP contribution in [0.15, 0.2) is 84.9 Å². The zero-order valence-corrected chi connectivity index (χ0v) is 60.5. The molecule has 3 aromatic carbocycles. The van der Waals surface area contributed by atoms with Crippen molar-refractivity contribution in [3.63, 3.8) is 0 Å². The molecule has 0 bridgehead atoms. The Hall–Kier alpha value is -2.56. The first-order valence-electron chi connectivity index (χ1n) is 33.3. The van der Waals surface area contributed by atoms with Crippen molar-refractivity contribution in [1.29, 1.82) is 0 Å². The lowest BCUT2D eigenvalue weighted by atomic mass is 9.84. The standard InChI is InChI=1S/C10H14O.C10H20.C10H14.C9H12.C7H17N.C7H14O.2C7H16.C6H14S.C4H10/c1-8(2)7-9-3-5-10(11)6-4-9;2*1-9(2)8-10-6-4-3-5-7-10;1-8(2)9-6-4-3-5-7-9;1-7(2)5-3-4-6-8;1-6(2)4-5-7(3)8;1-6(2)5-7(3)4;1-5-7(4)6(2)3;1-6(2)4-5-7-3;1-4(2)3/h3-6,8,11H,7H2,1-2H3;9-10H,3-8H2,1-2H3;3-7,9H,8H2,1-2H3;3-8H,1-2H3;7H,3-6,8H2,1-2H3;6H,4-5H2,1-3H3;2*6-7H,5H2,1-4H3;6H,4-5H2,1-3H3;4H,1-3H3. The van der Waals surface area contributed by atoms with Gasteiger partial charge >= 0.3 is 0 Å². The van der Waals surface area contributed by atoms with Gasteiger partial charge in [-0.05, 0) is 176 Å². The number of thioether (sulfide) groups is 1. The minimum Gasteiger partial charge on any atom is -0.508 e. The fourth-order valence-electron chi connectivity index (χ4n) is 8.07. The summed E-state index contributed by atoms with van der Waals surface area (Å²) in [4.78, 5) is 10.3. The molecule has 1 saturated carbocycles. The third-order valence-corrected chi connectivity index (χ3v) is 13.6. The average molecular weight is 1150 g/mol. The Labute approximate surface area is 516 Å². The van der Waals surface area contributed by atoms with Gasteiger partial charge < -0.3 is 15.6 Å². The Morgan fingerprint density at radius 2 is 0.951 bits per heavy atom. The second kappa shape index (κ2) is 63.5. The van der Waals surface area contributed by atoms with Crippen molar-refractivity contribution in [3.8, 4) is 5.75 Å². The van der Waals surface area contributed by atoms with Crippen LogP contribution in [0.2, 0.25) is 0 Å². The van der Waals surface area contributed by atoms with Gasteiger partial charge in [0.25, 0.3) is 0 Å². The number of aromatic hydroxyl groups is 1. The maximum Gasteiger partial charge on any atom is 0.129 e. The molecule has 4 heteroatoms. The van der Waals surface area contributed by atoms with Gasteiger partial charge in [-0.25, -0.2) is 0 Å². The molecule has 0 saturated heterocycles. The number of ketones is 1. The van der Waals surface area contributed by atoms with Crippen LogP contribution >= 0.6 is 11.8 Å². The molecule has 1 fully saturated rings. The topological polar surface area (TPSA) is 63.3 Å². The number of carbonyl (C=O) groups excluding carboxylic acids is 1. The van der Waals surface area contributed by atoms with Crippen LogP contribution in [0.4, 0.5) is 0 Å². The van der Waals surface area contributed by atoms with E-state index in [2.05, 4.69) is 234 Å². The summed E-state index contributed by atoms with van der Waals surface area (Å²) in [6.45, 7) is 58.4. The number of unbranched alkanes of at least 4 members (excludes halogenated alkanes) is 1. The van der Waals surface area contributed by atoms with Crippen molar-refractivity contribution >= 4 is 17.5 Å².